The quantitative estimate of drug-likeness (QED) is 0.684. The van der Waals surface area contributed by atoms with Crippen molar-refractivity contribution >= 4 is 22.8 Å². The van der Waals surface area contributed by atoms with Gasteiger partial charge in [0.15, 0.2) is 0 Å². The Bertz CT molecular complexity index is 1130. The molecule has 1 aliphatic carbocycles. The van der Waals surface area contributed by atoms with Crippen molar-refractivity contribution in [3.63, 3.8) is 0 Å². The number of aromatic amines is 1. The summed E-state index contributed by atoms with van der Waals surface area (Å²) in [5.74, 6) is -0.773. The number of halogens is 1. The lowest BCUT2D eigenvalue weighted by molar-refractivity contribution is -0.143. The van der Waals surface area contributed by atoms with Crippen molar-refractivity contribution < 1.29 is 19.1 Å². The Morgan fingerprint density at radius 3 is 2.20 bits per heavy atom. The van der Waals surface area contributed by atoms with E-state index in [9.17, 15) is 19.1 Å². The molecule has 2 amide bonds. The summed E-state index contributed by atoms with van der Waals surface area (Å²) < 4.78 is 14.4. The van der Waals surface area contributed by atoms with Gasteiger partial charge in [0.1, 0.15) is 22.5 Å². The number of hydrogen-bond acceptors (Lipinski definition) is 5. The van der Waals surface area contributed by atoms with Crippen molar-refractivity contribution in [2.75, 3.05) is 26.2 Å². The average molecular weight is 409 g/mol. The third kappa shape index (κ3) is 3.21. The van der Waals surface area contributed by atoms with Crippen LogP contribution in [-0.4, -0.2) is 73.9 Å². The summed E-state index contributed by atoms with van der Waals surface area (Å²) in [4.78, 5) is 28.4. The van der Waals surface area contributed by atoms with Gasteiger partial charge in [-0.15, -0.1) is 0 Å². The molecule has 0 unspecified atom stereocenters. The molecule has 2 fully saturated rings. The van der Waals surface area contributed by atoms with Gasteiger partial charge < -0.3 is 14.9 Å². The van der Waals surface area contributed by atoms with Gasteiger partial charge in [0.2, 0.25) is 0 Å². The van der Waals surface area contributed by atoms with Crippen LogP contribution >= 0.6 is 0 Å². The second kappa shape index (κ2) is 6.88. The molecular weight excluding hydrogens is 389 g/mol. The van der Waals surface area contributed by atoms with Gasteiger partial charge in [-0.2, -0.15) is 15.4 Å². The van der Waals surface area contributed by atoms with Crippen LogP contribution in [0.3, 0.4) is 0 Å². The monoisotopic (exact) mass is 409 g/mol. The molecular formula is C21H20FN5O3. The number of nitrogens with one attached hydrogen (secondary N) is 1. The topological polar surface area (TPSA) is 102 Å². The maximum Gasteiger partial charge on any atom is 0.254 e. The van der Waals surface area contributed by atoms with Gasteiger partial charge in [-0.05, 0) is 36.6 Å². The normalized spacial score (nSPS) is 17.9. The van der Waals surface area contributed by atoms with Crippen LogP contribution in [0.25, 0.3) is 22.2 Å². The Balaban J connectivity index is 1.28. The lowest BCUT2D eigenvalue weighted by atomic mass is 10.0. The fraction of sp³-hybridized carbons (Fsp3) is 0.333. The number of hydrogen-bond donors (Lipinski definition) is 2. The summed E-state index contributed by atoms with van der Waals surface area (Å²) >= 11 is 0. The van der Waals surface area contributed by atoms with Crippen LogP contribution < -0.4 is 0 Å². The number of H-pyrrole nitrogens is 1. The van der Waals surface area contributed by atoms with E-state index in [4.69, 9.17) is 0 Å². The molecule has 8 nitrogen and oxygen atoms in total. The van der Waals surface area contributed by atoms with Gasteiger partial charge in [0, 0.05) is 43.4 Å². The first-order chi connectivity index (χ1) is 14.4. The molecule has 3 aromatic rings. The molecule has 1 aromatic heterocycles. The molecule has 0 atom stereocenters. The van der Waals surface area contributed by atoms with E-state index < -0.39 is 11.4 Å². The zero-order valence-corrected chi connectivity index (χ0v) is 16.1. The fourth-order valence-corrected chi connectivity index (χ4v) is 3.80. The Kier molecular flexibility index (Phi) is 4.28. The first kappa shape index (κ1) is 18.7. The molecule has 2 aliphatic rings. The van der Waals surface area contributed by atoms with E-state index in [1.807, 2.05) is 0 Å². The summed E-state index contributed by atoms with van der Waals surface area (Å²) in [5.41, 5.74) is 1.38. The molecule has 0 spiro atoms. The highest BCUT2D eigenvalue weighted by molar-refractivity contribution is 5.95. The van der Waals surface area contributed by atoms with Crippen molar-refractivity contribution in [3.8, 4) is 11.1 Å². The van der Waals surface area contributed by atoms with Crippen LogP contribution in [0.1, 0.15) is 23.2 Å². The molecule has 2 N–H and O–H groups in total. The largest absolute Gasteiger partial charge is 0.380 e. The van der Waals surface area contributed by atoms with Crippen molar-refractivity contribution in [3.05, 3.63) is 47.8 Å². The van der Waals surface area contributed by atoms with E-state index in [2.05, 4.69) is 15.4 Å². The SMILES string of the molecule is O=C(c1ccc(-c2cc3n[nH]nc3cc2F)cc1)N1CCN(C(=O)C2(O)CC2)CC1. The summed E-state index contributed by atoms with van der Waals surface area (Å²) in [6.07, 6.45) is 1.03. The molecule has 0 radical (unpaired) electrons. The highest BCUT2D eigenvalue weighted by atomic mass is 19.1. The molecule has 5 rings (SSSR count). The second-order valence-corrected chi connectivity index (χ2v) is 7.84. The molecule has 2 heterocycles. The number of aromatic nitrogens is 3. The Labute approximate surface area is 171 Å². The van der Waals surface area contributed by atoms with Crippen LogP contribution in [0.4, 0.5) is 4.39 Å². The second-order valence-electron chi connectivity index (χ2n) is 7.84. The Morgan fingerprint density at radius 2 is 1.57 bits per heavy atom. The Hall–Kier alpha value is -3.33. The van der Waals surface area contributed by atoms with Crippen molar-refractivity contribution in [1.82, 2.24) is 25.2 Å². The fourth-order valence-electron chi connectivity index (χ4n) is 3.80. The third-order valence-corrected chi connectivity index (χ3v) is 5.82. The number of carbonyl (C=O) groups is 2. The summed E-state index contributed by atoms with van der Waals surface area (Å²) in [7, 11) is 0. The molecule has 9 heteroatoms. The predicted octanol–water partition coefficient (Wildman–Crippen LogP) is 1.57. The average Bonchev–Trinajstić information content (AvgIpc) is 3.36. The number of piperazine rings is 1. The third-order valence-electron chi connectivity index (χ3n) is 5.82. The van der Waals surface area contributed by atoms with Gasteiger partial charge in [-0.25, -0.2) is 4.39 Å². The Morgan fingerprint density at radius 1 is 0.967 bits per heavy atom. The zero-order chi connectivity index (χ0) is 20.9. The van der Waals surface area contributed by atoms with Crippen molar-refractivity contribution in [2.45, 2.75) is 18.4 Å². The van der Waals surface area contributed by atoms with E-state index in [0.29, 0.717) is 66.7 Å². The van der Waals surface area contributed by atoms with Crippen LogP contribution in [0.5, 0.6) is 0 Å². The maximum absolute atomic E-state index is 14.4. The summed E-state index contributed by atoms with van der Waals surface area (Å²) in [6.45, 7) is 1.65. The summed E-state index contributed by atoms with van der Waals surface area (Å²) in [5, 5.41) is 20.3. The maximum atomic E-state index is 14.4. The van der Waals surface area contributed by atoms with Crippen LogP contribution in [0.2, 0.25) is 0 Å². The molecule has 1 aliphatic heterocycles. The van der Waals surface area contributed by atoms with E-state index in [1.165, 1.54) is 6.07 Å². The minimum atomic E-state index is -1.17. The van der Waals surface area contributed by atoms with Gasteiger partial charge in [0.25, 0.3) is 11.8 Å². The van der Waals surface area contributed by atoms with E-state index in [-0.39, 0.29) is 11.8 Å². The van der Waals surface area contributed by atoms with E-state index >= 15 is 0 Å². The first-order valence-corrected chi connectivity index (χ1v) is 9.86. The number of fused-ring (bicyclic) bond motifs is 1. The number of rotatable bonds is 3. The highest BCUT2D eigenvalue weighted by Gasteiger charge is 2.50. The number of amides is 2. The predicted molar refractivity (Wildman–Crippen MR) is 106 cm³/mol. The standard InChI is InChI=1S/C21H20FN5O3/c22-16-12-18-17(23-25-24-18)11-15(16)13-1-3-14(4-2-13)19(28)26-7-9-27(10-8-26)20(29)21(30)5-6-21/h1-4,11-12,30H,5-10H2,(H,23,24,25). The van der Waals surface area contributed by atoms with E-state index in [1.54, 1.807) is 40.1 Å². The molecule has 1 saturated carbocycles. The lowest BCUT2D eigenvalue weighted by Gasteiger charge is -2.35. The number of carbonyl (C=O) groups excluding carboxylic acids is 2. The smallest absolute Gasteiger partial charge is 0.254 e. The summed E-state index contributed by atoms with van der Waals surface area (Å²) in [6, 6.07) is 9.71. The van der Waals surface area contributed by atoms with Crippen molar-refractivity contribution in [1.29, 1.82) is 0 Å². The van der Waals surface area contributed by atoms with Crippen LogP contribution in [0, 0.1) is 5.82 Å². The van der Waals surface area contributed by atoms with E-state index in [0.717, 1.165) is 0 Å². The van der Waals surface area contributed by atoms with Gasteiger partial charge in [-0.1, -0.05) is 12.1 Å². The molecule has 154 valence electrons. The number of aliphatic hydroxyl groups is 1. The zero-order valence-electron chi connectivity index (χ0n) is 16.1. The number of nitrogens with zero attached hydrogens (tertiary/aromatic N) is 4. The number of benzene rings is 2. The van der Waals surface area contributed by atoms with Gasteiger partial charge in [-0.3, -0.25) is 9.59 Å². The molecule has 0 bridgehead atoms. The van der Waals surface area contributed by atoms with Crippen LogP contribution in [-0.2, 0) is 4.79 Å². The van der Waals surface area contributed by atoms with Crippen molar-refractivity contribution in [2.24, 2.45) is 0 Å². The minimum Gasteiger partial charge on any atom is -0.380 e. The lowest BCUT2D eigenvalue weighted by Crippen LogP contribution is -2.53. The molecule has 2 aromatic carbocycles. The highest BCUT2D eigenvalue weighted by Crippen LogP contribution is 2.37. The minimum absolute atomic E-state index is 0.133. The molecule has 1 saturated heterocycles. The molecule has 30 heavy (non-hydrogen) atoms. The van der Waals surface area contributed by atoms with Crippen LogP contribution in [0.15, 0.2) is 36.4 Å². The first-order valence-electron chi connectivity index (χ1n) is 9.86. The van der Waals surface area contributed by atoms with Gasteiger partial charge >= 0.3 is 0 Å². The van der Waals surface area contributed by atoms with Gasteiger partial charge in [0.05, 0.1) is 0 Å².